The van der Waals surface area contributed by atoms with E-state index in [1.807, 2.05) is 36.1 Å². The van der Waals surface area contributed by atoms with E-state index in [0.29, 0.717) is 31.5 Å². The number of hydrogen-bond acceptors (Lipinski definition) is 3. The van der Waals surface area contributed by atoms with Crippen molar-refractivity contribution in [3.63, 3.8) is 0 Å². The molecule has 3 aliphatic rings. The van der Waals surface area contributed by atoms with E-state index in [4.69, 9.17) is 0 Å². The minimum atomic E-state index is -0.287. The van der Waals surface area contributed by atoms with Gasteiger partial charge in [-0.15, -0.1) is 0 Å². The van der Waals surface area contributed by atoms with Gasteiger partial charge in [0.1, 0.15) is 0 Å². The van der Waals surface area contributed by atoms with E-state index in [0.717, 1.165) is 37.2 Å². The predicted molar refractivity (Wildman–Crippen MR) is 120 cm³/mol. The lowest BCUT2D eigenvalue weighted by molar-refractivity contribution is -0.144. The maximum Gasteiger partial charge on any atom is 0.228 e. The first-order valence-electron chi connectivity index (χ1n) is 11.8. The Bertz CT molecular complexity index is 819. The third-order valence-electron chi connectivity index (χ3n) is 7.16. The number of aryl methyl sites for hydroxylation is 1. The van der Waals surface area contributed by atoms with Crippen molar-refractivity contribution < 1.29 is 14.4 Å². The fourth-order valence-electron chi connectivity index (χ4n) is 5.55. The molecule has 0 N–H and O–H groups in total. The monoisotopic (exact) mass is 425 g/mol. The van der Waals surface area contributed by atoms with Crippen LogP contribution in [0.1, 0.15) is 45.1 Å². The summed E-state index contributed by atoms with van der Waals surface area (Å²) in [6, 6.07) is 7.87. The van der Waals surface area contributed by atoms with Crippen molar-refractivity contribution in [1.82, 2.24) is 9.80 Å². The number of benzene rings is 1. The molecule has 0 spiro atoms. The van der Waals surface area contributed by atoms with Crippen LogP contribution in [0.4, 0.5) is 5.69 Å². The average molecular weight is 426 g/mol. The topological polar surface area (TPSA) is 60.9 Å². The Hall–Kier alpha value is -2.37. The van der Waals surface area contributed by atoms with Gasteiger partial charge in [-0.3, -0.25) is 14.4 Å². The molecule has 3 aliphatic heterocycles. The second-order valence-electron chi connectivity index (χ2n) is 10.0. The molecule has 6 heteroatoms. The van der Waals surface area contributed by atoms with Gasteiger partial charge >= 0.3 is 0 Å². The number of piperidine rings is 2. The number of amides is 3. The van der Waals surface area contributed by atoms with Crippen LogP contribution in [0.15, 0.2) is 24.3 Å². The lowest BCUT2D eigenvalue weighted by Crippen LogP contribution is -2.49. The van der Waals surface area contributed by atoms with Crippen molar-refractivity contribution in [2.24, 2.45) is 23.7 Å². The van der Waals surface area contributed by atoms with Gasteiger partial charge in [0.2, 0.25) is 17.7 Å². The van der Waals surface area contributed by atoms with Gasteiger partial charge < -0.3 is 14.7 Å². The Kier molecular flexibility index (Phi) is 6.35. The minimum Gasteiger partial charge on any atom is -0.342 e. The summed E-state index contributed by atoms with van der Waals surface area (Å²) in [7, 11) is 0. The molecule has 0 radical (unpaired) electrons. The van der Waals surface area contributed by atoms with E-state index in [1.165, 1.54) is 6.42 Å². The summed E-state index contributed by atoms with van der Waals surface area (Å²) in [6.45, 7) is 9.86. The summed E-state index contributed by atoms with van der Waals surface area (Å²) >= 11 is 0. The van der Waals surface area contributed by atoms with E-state index in [2.05, 4.69) is 18.7 Å². The molecule has 0 bridgehead atoms. The minimum absolute atomic E-state index is 0.0144. The Morgan fingerprint density at radius 2 is 1.42 bits per heavy atom. The normalized spacial score (nSPS) is 27.6. The van der Waals surface area contributed by atoms with Crippen LogP contribution in [0.25, 0.3) is 0 Å². The number of carbonyl (C=O) groups excluding carboxylic acids is 3. The highest BCUT2D eigenvalue weighted by molar-refractivity contribution is 6.00. The van der Waals surface area contributed by atoms with Crippen LogP contribution in [-0.4, -0.2) is 60.2 Å². The molecule has 1 aromatic carbocycles. The number of likely N-dealkylation sites (tertiary alicyclic amines) is 2. The van der Waals surface area contributed by atoms with Crippen molar-refractivity contribution in [2.75, 3.05) is 37.6 Å². The summed E-state index contributed by atoms with van der Waals surface area (Å²) in [4.78, 5) is 44.3. The maximum atomic E-state index is 13.1. The fourth-order valence-corrected chi connectivity index (χ4v) is 5.55. The molecular formula is C25H35N3O3. The number of hydrogen-bond donors (Lipinski definition) is 0. The Labute approximate surface area is 185 Å². The van der Waals surface area contributed by atoms with E-state index in [-0.39, 0.29) is 36.0 Å². The highest BCUT2D eigenvalue weighted by atomic mass is 16.2. The van der Waals surface area contributed by atoms with Gasteiger partial charge in [0, 0.05) is 50.7 Å². The molecule has 0 aliphatic carbocycles. The molecule has 6 nitrogen and oxygen atoms in total. The largest absolute Gasteiger partial charge is 0.342 e. The van der Waals surface area contributed by atoms with Crippen LogP contribution >= 0.6 is 0 Å². The van der Waals surface area contributed by atoms with E-state index in [9.17, 15) is 14.4 Å². The Morgan fingerprint density at radius 1 is 0.839 bits per heavy atom. The zero-order valence-corrected chi connectivity index (χ0v) is 19.0. The molecule has 4 rings (SSSR count). The van der Waals surface area contributed by atoms with Gasteiger partial charge in [0.25, 0.3) is 0 Å². The molecular weight excluding hydrogens is 390 g/mol. The highest BCUT2D eigenvalue weighted by Gasteiger charge is 2.39. The molecule has 1 aromatic rings. The van der Waals surface area contributed by atoms with Crippen molar-refractivity contribution in [1.29, 1.82) is 0 Å². The number of nitrogens with zero attached hydrogens (tertiary/aromatic N) is 3. The summed E-state index contributed by atoms with van der Waals surface area (Å²) < 4.78 is 0. The first-order chi connectivity index (χ1) is 14.8. The van der Waals surface area contributed by atoms with E-state index >= 15 is 0 Å². The Balaban J connectivity index is 1.31. The van der Waals surface area contributed by atoms with Gasteiger partial charge in [0.15, 0.2) is 0 Å². The van der Waals surface area contributed by atoms with Crippen molar-refractivity contribution in [2.45, 2.75) is 46.5 Å². The van der Waals surface area contributed by atoms with Crippen LogP contribution in [-0.2, 0) is 14.4 Å². The fraction of sp³-hybridized carbons (Fsp3) is 0.640. The number of rotatable bonds is 3. The van der Waals surface area contributed by atoms with Crippen LogP contribution in [0.2, 0.25) is 0 Å². The predicted octanol–water partition coefficient (Wildman–Crippen LogP) is 3.09. The van der Waals surface area contributed by atoms with E-state index < -0.39 is 0 Å². The van der Waals surface area contributed by atoms with Crippen molar-refractivity contribution in [3.05, 3.63) is 29.8 Å². The molecule has 3 unspecified atom stereocenters. The standard InChI is InChI=1S/C25H35N3O3/c1-17-4-6-22(7-5-17)28-16-21(13-23(28)29)25(31)26-10-8-20(9-11-26)24(30)27-14-18(2)12-19(3)15-27/h4-7,18-21H,8-16H2,1-3H3. The van der Waals surface area contributed by atoms with E-state index in [1.54, 1.807) is 4.90 Å². The molecule has 3 heterocycles. The molecule has 31 heavy (non-hydrogen) atoms. The van der Waals surface area contributed by atoms with Gasteiger partial charge in [-0.2, -0.15) is 0 Å². The highest BCUT2D eigenvalue weighted by Crippen LogP contribution is 2.29. The molecule has 3 saturated heterocycles. The number of carbonyl (C=O) groups is 3. The summed E-state index contributed by atoms with van der Waals surface area (Å²) in [5.41, 5.74) is 2.01. The molecule has 0 aromatic heterocycles. The quantitative estimate of drug-likeness (QED) is 0.748. The zero-order valence-electron chi connectivity index (χ0n) is 19.0. The maximum absolute atomic E-state index is 13.1. The van der Waals surface area contributed by atoms with Gasteiger partial charge in [0.05, 0.1) is 5.92 Å². The first-order valence-corrected chi connectivity index (χ1v) is 11.8. The van der Waals surface area contributed by atoms with Gasteiger partial charge in [-0.25, -0.2) is 0 Å². The van der Waals surface area contributed by atoms with Crippen LogP contribution in [0.5, 0.6) is 0 Å². The van der Waals surface area contributed by atoms with Crippen molar-refractivity contribution >= 4 is 23.4 Å². The smallest absolute Gasteiger partial charge is 0.228 e. The van der Waals surface area contributed by atoms with Gasteiger partial charge in [-0.05, 0) is 50.2 Å². The third kappa shape index (κ3) is 4.78. The number of anilines is 1. The van der Waals surface area contributed by atoms with Crippen LogP contribution < -0.4 is 4.90 Å². The Morgan fingerprint density at radius 3 is 2.03 bits per heavy atom. The molecule has 3 fully saturated rings. The van der Waals surface area contributed by atoms with Crippen LogP contribution in [0, 0.1) is 30.6 Å². The lowest BCUT2D eigenvalue weighted by atomic mass is 9.89. The SMILES string of the molecule is Cc1ccc(N2CC(C(=O)N3CCC(C(=O)N4CC(C)CC(C)C4)CC3)CC2=O)cc1. The summed E-state index contributed by atoms with van der Waals surface area (Å²) in [5, 5.41) is 0. The third-order valence-corrected chi connectivity index (χ3v) is 7.16. The first kappa shape index (κ1) is 21.8. The molecule has 168 valence electrons. The zero-order chi connectivity index (χ0) is 22.1. The average Bonchev–Trinajstić information content (AvgIpc) is 3.14. The summed E-state index contributed by atoms with van der Waals surface area (Å²) in [6.07, 6.45) is 2.92. The molecule has 3 amide bonds. The van der Waals surface area contributed by atoms with Crippen LogP contribution in [0.3, 0.4) is 0 Å². The van der Waals surface area contributed by atoms with Crippen molar-refractivity contribution in [3.8, 4) is 0 Å². The molecule has 3 atom stereocenters. The lowest BCUT2D eigenvalue weighted by Gasteiger charge is -2.39. The van der Waals surface area contributed by atoms with Gasteiger partial charge in [-0.1, -0.05) is 31.5 Å². The second-order valence-corrected chi connectivity index (χ2v) is 10.0. The summed E-state index contributed by atoms with van der Waals surface area (Å²) in [5.74, 6) is 1.21. The molecule has 0 saturated carbocycles. The second kappa shape index (κ2) is 9.01.